The molecule has 0 rings (SSSR count). The second-order valence-corrected chi connectivity index (χ2v) is 1.72. The van der Waals surface area contributed by atoms with Gasteiger partial charge in [0, 0.05) is 0 Å². The fourth-order valence-electron chi connectivity index (χ4n) is 0. The first-order valence-electron chi connectivity index (χ1n) is 0.948. The molecule has 0 amide bonds. The summed E-state index contributed by atoms with van der Waals surface area (Å²) in [6.07, 6.45) is 0. The van der Waals surface area contributed by atoms with Gasteiger partial charge < -0.3 is 9.79 Å². The molecule has 0 radical (unpaired) electrons. The molecule has 0 saturated carbocycles. The van der Waals surface area contributed by atoms with Gasteiger partial charge in [0.05, 0.1) is 0 Å². The summed E-state index contributed by atoms with van der Waals surface area (Å²) in [6.45, 7) is 0. The first kappa shape index (κ1) is 17.1. The van der Waals surface area contributed by atoms with Crippen molar-refractivity contribution in [2.45, 2.75) is 0 Å². The summed E-state index contributed by atoms with van der Waals surface area (Å²) in [4.78, 5) is 14.9. The van der Waals surface area contributed by atoms with Crippen molar-refractivity contribution in [1.82, 2.24) is 0 Å². The van der Waals surface area contributed by atoms with E-state index in [0.29, 0.717) is 0 Å². The van der Waals surface area contributed by atoms with Crippen LogP contribution in [0.1, 0.15) is 0 Å². The summed E-state index contributed by atoms with van der Waals surface area (Å²) in [5.74, 6) is 0. The molecule has 0 aliphatic rings. The van der Waals surface area contributed by atoms with Crippen LogP contribution in [0.15, 0.2) is 0 Å². The zero-order chi connectivity index (χ0) is 5.21. The molecule has 8 heteroatoms. The number of rotatable bonds is 1. The molecule has 0 bridgehead atoms. The van der Waals surface area contributed by atoms with Gasteiger partial charge in [0.25, 0.3) is 0 Å². The molecule has 0 atom stereocenters. The summed E-state index contributed by atoms with van der Waals surface area (Å²) in [5, 5.41) is 7.14. The summed E-state index contributed by atoms with van der Waals surface area (Å²) >= 11 is 0. The molecule has 46 valence electrons. The molecule has 0 heterocycles. The average molecular weight is 246 g/mol. The monoisotopic (exact) mass is 246 g/mol. The molecule has 0 aliphatic heterocycles. The van der Waals surface area contributed by atoms with Crippen LogP contribution in [0.25, 0.3) is 0 Å². The molecule has 5 nitrogen and oxygen atoms in total. The zero-order valence-electron chi connectivity index (χ0n) is 2.61. The maximum atomic E-state index is 9.22. The summed E-state index contributed by atoms with van der Waals surface area (Å²) in [7, 11) is -4.59. The number of hydrogen-bond acceptors (Lipinski definition) is 3. The van der Waals surface area contributed by atoms with Crippen LogP contribution in [-0.4, -0.2) is 98.3 Å². The molecule has 0 spiro atoms. The van der Waals surface area contributed by atoms with Crippen LogP contribution in [0.5, 0.6) is 0 Å². The fourth-order valence-corrected chi connectivity index (χ4v) is 0. The Labute approximate surface area is 113 Å². The summed E-state index contributed by atoms with van der Waals surface area (Å²) in [6, 6.07) is 0. The molecule has 8 heavy (non-hydrogen) atoms. The van der Waals surface area contributed by atoms with Crippen molar-refractivity contribution in [1.29, 1.82) is 0 Å². The van der Waals surface area contributed by atoms with Crippen molar-refractivity contribution < 1.29 is 24.3 Å². The third kappa shape index (κ3) is 15.9. The van der Waals surface area contributed by atoms with Crippen LogP contribution in [0.3, 0.4) is 0 Å². The van der Waals surface area contributed by atoms with Crippen LogP contribution in [0, 0.1) is 0 Å². The van der Waals surface area contributed by atoms with Crippen LogP contribution >= 0.6 is 7.82 Å². The number of hydrogen-bond donors (Lipinski definition) is 3. The SMILES string of the molecule is O=P(O)(O)OO.[CaH2].[SrH2]. The van der Waals surface area contributed by atoms with Crippen LogP contribution in [-0.2, 0) is 9.24 Å². The summed E-state index contributed by atoms with van der Waals surface area (Å²) < 4.78 is 11.8. The molecular weight excluding hydrogens is 239 g/mol. The van der Waals surface area contributed by atoms with Crippen molar-refractivity contribution in [2.24, 2.45) is 0 Å². The van der Waals surface area contributed by atoms with Crippen molar-refractivity contribution in [3.63, 3.8) is 0 Å². The molecule has 0 aromatic rings. The average Bonchev–Trinajstić information content (AvgIpc) is 1.35. The van der Waals surface area contributed by atoms with Crippen molar-refractivity contribution in [2.75, 3.05) is 0 Å². The standard InChI is InChI=1S/Ca.H3O5P.Sr.4H/c;1-5-6(2,3)4;;;;;/h;1H,(H2,2,3,4);;;;;. The van der Waals surface area contributed by atoms with E-state index in [0.717, 1.165) is 0 Å². The van der Waals surface area contributed by atoms with Crippen molar-refractivity contribution in [3.05, 3.63) is 0 Å². The van der Waals surface area contributed by atoms with Gasteiger partial charge in [0.1, 0.15) is 0 Å². The fraction of sp³-hybridized carbons (Fsp3) is 0. The van der Waals surface area contributed by atoms with E-state index in [4.69, 9.17) is 15.0 Å². The van der Waals surface area contributed by atoms with Gasteiger partial charge in [0.2, 0.25) is 0 Å². The predicted octanol–water partition coefficient (Wildman–Crippen LogP) is -2.26. The van der Waals surface area contributed by atoms with Gasteiger partial charge in [-0.1, -0.05) is 0 Å². The minimum atomic E-state index is -4.59. The Morgan fingerprint density at radius 1 is 1.38 bits per heavy atom. The Morgan fingerprint density at radius 2 is 1.50 bits per heavy atom. The molecule has 0 aromatic carbocycles. The minimum absolute atomic E-state index is 0. The Balaban J connectivity index is -0.000000125. The molecule has 0 aliphatic carbocycles. The quantitative estimate of drug-likeness (QED) is 0.210. The van der Waals surface area contributed by atoms with E-state index in [1.54, 1.807) is 0 Å². The second kappa shape index (κ2) is 7.91. The Kier molecular flexibility index (Phi) is 16.9. The van der Waals surface area contributed by atoms with Gasteiger partial charge in [-0.15, -0.1) is 4.67 Å². The van der Waals surface area contributed by atoms with Crippen LogP contribution in [0.4, 0.5) is 0 Å². The van der Waals surface area contributed by atoms with Crippen molar-refractivity contribution in [3.8, 4) is 0 Å². The van der Waals surface area contributed by atoms with Gasteiger partial charge in [-0.25, -0.2) is 9.82 Å². The predicted molar refractivity (Wildman–Crippen MR) is 32.8 cm³/mol. The first-order chi connectivity index (χ1) is 2.56. The molecule has 0 unspecified atom stereocenters. The van der Waals surface area contributed by atoms with Gasteiger partial charge in [-0.3, -0.25) is 0 Å². The third-order valence-electron chi connectivity index (χ3n) is 0.106. The Morgan fingerprint density at radius 3 is 1.50 bits per heavy atom. The van der Waals surface area contributed by atoms with E-state index < -0.39 is 7.82 Å². The van der Waals surface area contributed by atoms with E-state index in [2.05, 4.69) is 4.67 Å². The zero-order valence-corrected chi connectivity index (χ0v) is 3.50. The van der Waals surface area contributed by atoms with E-state index >= 15 is 0 Å². The van der Waals surface area contributed by atoms with Crippen molar-refractivity contribution >= 4 is 91.0 Å². The summed E-state index contributed by atoms with van der Waals surface area (Å²) in [5.41, 5.74) is 0. The first-order valence-corrected chi connectivity index (χ1v) is 2.48. The van der Waals surface area contributed by atoms with Gasteiger partial charge in [-0.05, 0) is 0 Å². The second-order valence-electron chi connectivity index (χ2n) is 0.572. The molecule has 0 saturated heterocycles. The maximum absolute atomic E-state index is 9.22. The molecular formula is H7CaO5PSr. The normalized spacial score (nSPS) is 8.88. The van der Waals surface area contributed by atoms with E-state index in [1.165, 1.54) is 0 Å². The number of phosphoric acid groups is 1. The Hall–Kier alpha value is 2.81. The van der Waals surface area contributed by atoms with Crippen LogP contribution < -0.4 is 0 Å². The van der Waals surface area contributed by atoms with Gasteiger partial charge >= 0.3 is 91.0 Å². The van der Waals surface area contributed by atoms with E-state index in [9.17, 15) is 4.57 Å². The van der Waals surface area contributed by atoms with Gasteiger partial charge in [-0.2, -0.15) is 0 Å². The topological polar surface area (TPSA) is 87.0 Å². The third-order valence-corrected chi connectivity index (χ3v) is 0.319. The molecule has 0 aromatic heterocycles. The van der Waals surface area contributed by atoms with E-state index in [1.807, 2.05) is 0 Å². The van der Waals surface area contributed by atoms with Crippen LogP contribution in [0.2, 0.25) is 0 Å². The van der Waals surface area contributed by atoms with E-state index in [-0.39, 0.29) is 83.2 Å². The Bertz CT molecular complexity index is 76.5. The van der Waals surface area contributed by atoms with Gasteiger partial charge in [0.15, 0.2) is 0 Å². The molecule has 3 N–H and O–H groups in total. The molecule has 0 fully saturated rings.